The van der Waals surface area contributed by atoms with Crippen molar-refractivity contribution in [1.82, 2.24) is 9.88 Å². The van der Waals surface area contributed by atoms with Crippen molar-refractivity contribution in [1.29, 1.82) is 0 Å². The lowest BCUT2D eigenvalue weighted by Crippen LogP contribution is -2.50. The van der Waals surface area contributed by atoms with Crippen LogP contribution in [-0.4, -0.2) is 34.0 Å². The molecule has 110 valence electrons. The summed E-state index contributed by atoms with van der Waals surface area (Å²) in [5.74, 6) is 0.365. The van der Waals surface area contributed by atoms with Crippen LogP contribution >= 0.6 is 0 Å². The van der Waals surface area contributed by atoms with Gasteiger partial charge >= 0.3 is 0 Å². The van der Waals surface area contributed by atoms with E-state index in [1.165, 1.54) is 0 Å². The molecule has 1 aromatic rings. The van der Waals surface area contributed by atoms with Gasteiger partial charge in [-0.25, -0.2) is 0 Å². The number of rotatable bonds is 3. The van der Waals surface area contributed by atoms with Crippen LogP contribution in [0.15, 0.2) is 24.4 Å². The van der Waals surface area contributed by atoms with E-state index in [1.54, 1.807) is 6.20 Å². The average Bonchev–Trinajstić information content (AvgIpc) is 2.81. The molecule has 0 aliphatic carbocycles. The molecule has 1 amide bonds. The topological polar surface area (TPSA) is 42.4 Å². The lowest BCUT2D eigenvalue weighted by atomic mass is 9.99. The van der Waals surface area contributed by atoms with E-state index < -0.39 is 0 Å². The normalized spacial score (nSPS) is 22.8. The van der Waals surface area contributed by atoms with Gasteiger partial charge in [0.15, 0.2) is 0 Å². The second-order valence-electron chi connectivity index (χ2n) is 6.47. The molecule has 2 atom stereocenters. The molecule has 0 bridgehead atoms. The molecule has 1 saturated heterocycles. The maximum Gasteiger partial charge on any atom is 0.252 e. The van der Waals surface area contributed by atoms with E-state index in [2.05, 4.69) is 11.9 Å². The molecule has 1 fully saturated rings. The van der Waals surface area contributed by atoms with E-state index in [0.29, 0.717) is 13.2 Å². The summed E-state index contributed by atoms with van der Waals surface area (Å²) >= 11 is 0. The van der Waals surface area contributed by atoms with Gasteiger partial charge < -0.3 is 9.64 Å². The summed E-state index contributed by atoms with van der Waals surface area (Å²) in [5, 5.41) is 0. The van der Waals surface area contributed by atoms with Crippen LogP contribution in [0.2, 0.25) is 0 Å². The van der Waals surface area contributed by atoms with Crippen molar-refractivity contribution < 1.29 is 9.53 Å². The first kappa shape index (κ1) is 15.0. The van der Waals surface area contributed by atoms with Crippen molar-refractivity contribution in [2.75, 3.05) is 6.61 Å². The summed E-state index contributed by atoms with van der Waals surface area (Å²) in [4.78, 5) is 19.0. The lowest BCUT2D eigenvalue weighted by Gasteiger charge is -2.37. The molecule has 0 aromatic carbocycles. The van der Waals surface area contributed by atoms with Crippen molar-refractivity contribution in [2.45, 2.75) is 52.3 Å². The summed E-state index contributed by atoms with van der Waals surface area (Å²) in [6.45, 7) is 9.43. The summed E-state index contributed by atoms with van der Waals surface area (Å²) in [5.41, 5.74) is 0.654. The van der Waals surface area contributed by atoms with Gasteiger partial charge in [-0.05, 0) is 45.2 Å². The van der Waals surface area contributed by atoms with E-state index >= 15 is 0 Å². The fraction of sp³-hybridized carbons (Fsp3) is 0.625. The standard InChI is InChI=1S/C16H24N2O2/c1-12-8-10-20-14(12)15(19)18(16(2,3)4)11-13-7-5-6-9-17-13/h5-7,9,12,14H,8,10-11H2,1-4H3. The van der Waals surface area contributed by atoms with Crippen LogP contribution in [0.1, 0.15) is 39.8 Å². The van der Waals surface area contributed by atoms with Gasteiger partial charge in [0.05, 0.1) is 12.2 Å². The van der Waals surface area contributed by atoms with E-state index in [9.17, 15) is 4.79 Å². The Morgan fingerprint density at radius 2 is 2.20 bits per heavy atom. The fourth-order valence-electron chi connectivity index (χ4n) is 2.46. The zero-order valence-corrected chi connectivity index (χ0v) is 12.8. The smallest absolute Gasteiger partial charge is 0.252 e. The molecule has 1 aliphatic rings. The second-order valence-corrected chi connectivity index (χ2v) is 6.47. The van der Waals surface area contributed by atoms with Gasteiger partial charge in [-0.1, -0.05) is 13.0 Å². The van der Waals surface area contributed by atoms with E-state index in [4.69, 9.17) is 4.74 Å². The highest BCUT2D eigenvalue weighted by Crippen LogP contribution is 2.26. The summed E-state index contributed by atoms with van der Waals surface area (Å²) in [7, 11) is 0. The Kier molecular flexibility index (Phi) is 4.43. The van der Waals surface area contributed by atoms with Crippen LogP contribution in [0.25, 0.3) is 0 Å². The van der Waals surface area contributed by atoms with Crippen LogP contribution < -0.4 is 0 Å². The molecule has 1 aliphatic heterocycles. The molecule has 1 aromatic heterocycles. The monoisotopic (exact) mass is 276 g/mol. The SMILES string of the molecule is CC1CCOC1C(=O)N(Cc1ccccn1)C(C)(C)C. The zero-order chi connectivity index (χ0) is 14.8. The molecular formula is C16H24N2O2. The lowest BCUT2D eigenvalue weighted by molar-refractivity contribution is -0.148. The van der Waals surface area contributed by atoms with Crippen LogP contribution in [0.3, 0.4) is 0 Å². The highest BCUT2D eigenvalue weighted by atomic mass is 16.5. The molecular weight excluding hydrogens is 252 g/mol. The molecule has 0 spiro atoms. The largest absolute Gasteiger partial charge is 0.368 e. The molecule has 0 N–H and O–H groups in total. The molecule has 0 saturated carbocycles. The van der Waals surface area contributed by atoms with Crippen LogP contribution in [-0.2, 0) is 16.1 Å². The van der Waals surface area contributed by atoms with Crippen LogP contribution in [0.5, 0.6) is 0 Å². The van der Waals surface area contributed by atoms with Gasteiger partial charge in [0.25, 0.3) is 5.91 Å². The minimum Gasteiger partial charge on any atom is -0.368 e. The second kappa shape index (κ2) is 5.92. The zero-order valence-electron chi connectivity index (χ0n) is 12.8. The minimum absolute atomic E-state index is 0.0770. The fourth-order valence-corrected chi connectivity index (χ4v) is 2.46. The average molecular weight is 276 g/mol. The van der Waals surface area contributed by atoms with Gasteiger partial charge in [-0.3, -0.25) is 9.78 Å². The number of aromatic nitrogens is 1. The molecule has 0 radical (unpaired) electrons. The van der Waals surface area contributed by atoms with Crippen molar-refractivity contribution >= 4 is 5.91 Å². The number of ether oxygens (including phenoxy) is 1. The van der Waals surface area contributed by atoms with Crippen LogP contribution in [0.4, 0.5) is 0 Å². The third-order valence-corrected chi connectivity index (χ3v) is 3.75. The Bertz CT molecular complexity index is 453. The number of nitrogens with zero attached hydrogens (tertiary/aromatic N) is 2. The van der Waals surface area contributed by atoms with Crippen molar-refractivity contribution in [3.63, 3.8) is 0 Å². The Morgan fingerprint density at radius 1 is 1.45 bits per heavy atom. The molecule has 2 heterocycles. The van der Waals surface area contributed by atoms with Gasteiger partial charge in [-0.15, -0.1) is 0 Å². The third-order valence-electron chi connectivity index (χ3n) is 3.75. The van der Waals surface area contributed by atoms with Crippen molar-refractivity contribution in [2.24, 2.45) is 5.92 Å². The predicted molar refractivity (Wildman–Crippen MR) is 78.1 cm³/mol. The number of carbonyl (C=O) groups excluding carboxylic acids is 1. The number of hydrogen-bond donors (Lipinski definition) is 0. The molecule has 20 heavy (non-hydrogen) atoms. The van der Waals surface area contributed by atoms with Gasteiger partial charge in [0, 0.05) is 18.3 Å². The number of amides is 1. The number of hydrogen-bond acceptors (Lipinski definition) is 3. The summed E-state index contributed by atoms with van der Waals surface area (Å²) < 4.78 is 5.63. The van der Waals surface area contributed by atoms with Gasteiger partial charge in [-0.2, -0.15) is 0 Å². The van der Waals surface area contributed by atoms with Crippen molar-refractivity contribution in [3.8, 4) is 0 Å². The summed E-state index contributed by atoms with van der Waals surface area (Å²) in [6, 6.07) is 5.78. The molecule has 4 nitrogen and oxygen atoms in total. The highest BCUT2D eigenvalue weighted by molar-refractivity contribution is 5.82. The van der Waals surface area contributed by atoms with Crippen molar-refractivity contribution in [3.05, 3.63) is 30.1 Å². The number of pyridine rings is 1. The predicted octanol–water partition coefficient (Wildman–Crippen LogP) is 2.63. The Balaban J connectivity index is 2.18. The Labute approximate surface area is 121 Å². The highest BCUT2D eigenvalue weighted by Gasteiger charge is 2.38. The third kappa shape index (κ3) is 3.37. The van der Waals surface area contributed by atoms with Gasteiger partial charge in [0.1, 0.15) is 6.10 Å². The first-order chi connectivity index (χ1) is 9.39. The Morgan fingerprint density at radius 3 is 2.70 bits per heavy atom. The van der Waals surface area contributed by atoms with Crippen LogP contribution in [0, 0.1) is 5.92 Å². The summed E-state index contributed by atoms with van der Waals surface area (Å²) in [6.07, 6.45) is 2.41. The van der Waals surface area contributed by atoms with E-state index in [0.717, 1.165) is 12.1 Å². The number of carbonyl (C=O) groups is 1. The maximum absolute atomic E-state index is 12.8. The van der Waals surface area contributed by atoms with E-state index in [1.807, 2.05) is 43.9 Å². The molecule has 2 unspecified atom stereocenters. The van der Waals surface area contributed by atoms with E-state index in [-0.39, 0.29) is 23.5 Å². The molecule has 4 heteroatoms. The minimum atomic E-state index is -0.307. The first-order valence-electron chi connectivity index (χ1n) is 7.22. The van der Waals surface area contributed by atoms with Gasteiger partial charge in [0.2, 0.25) is 0 Å². The maximum atomic E-state index is 12.8. The quantitative estimate of drug-likeness (QED) is 0.852. The molecule has 2 rings (SSSR count). The first-order valence-corrected chi connectivity index (χ1v) is 7.22. The Hall–Kier alpha value is -1.42.